The van der Waals surface area contributed by atoms with Crippen LogP contribution in [-0.2, 0) is 47.5 Å². The Morgan fingerprint density at radius 2 is 1.29 bits per heavy atom. The number of hydrogen-bond donors (Lipinski definition) is 13. The van der Waals surface area contributed by atoms with Crippen molar-refractivity contribution in [2.75, 3.05) is 19.8 Å². The number of fused-ring (bicyclic) bond motifs is 5. The Balaban J connectivity index is 0.916. The molecular formula is C50H80O23. The van der Waals surface area contributed by atoms with E-state index in [0.29, 0.717) is 38.5 Å². The molecule has 13 N–H and O–H groups in total. The zero-order valence-corrected chi connectivity index (χ0v) is 42.0. The SMILES string of the molecule is CC1O[C@@H](O[C@H]2C(O)[C@H](O[C@@H]3OC(O)[C@H](O)C(O)[C@@H]3O)C(CO)O[C@H]2OC2CC[C@@]3(C)C(=CC[C@H]4[C@@H]5CC(=O)[C@H]([C@H](C)C(=O)CC[C@@H](C)CO[C@@H]6OC(CO)[C@@H](O)C(O)[C@@H]6O)[C@@]5(C)CC[C@@H]43)C2)[C@@H](O)C(O)[C@H]1O. The molecule has 23 heteroatoms. The van der Waals surface area contributed by atoms with Gasteiger partial charge in [0.2, 0.25) is 0 Å². The predicted molar refractivity (Wildman–Crippen MR) is 245 cm³/mol. The summed E-state index contributed by atoms with van der Waals surface area (Å²) in [5.41, 5.74) is 0.513. The molecule has 4 saturated heterocycles. The molecule has 8 rings (SSSR count). The summed E-state index contributed by atoms with van der Waals surface area (Å²) in [6, 6.07) is 0. The van der Waals surface area contributed by atoms with E-state index in [-0.39, 0.29) is 53.7 Å². The third-order valence-corrected chi connectivity index (χ3v) is 18.3. The number of hydrogen-bond acceptors (Lipinski definition) is 23. The molecule has 0 bridgehead atoms. The molecule has 3 saturated carbocycles. The fourth-order valence-corrected chi connectivity index (χ4v) is 13.8. The number of Topliss-reactive ketones (excluding diaryl/α,β-unsaturated/α-hetero) is 2. The van der Waals surface area contributed by atoms with Crippen LogP contribution in [0.15, 0.2) is 11.6 Å². The first kappa shape index (κ1) is 57.4. The van der Waals surface area contributed by atoms with E-state index in [1.165, 1.54) is 6.92 Å². The van der Waals surface area contributed by atoms with Crippen LogP contribution in [0, 0.1) is 46.3 Å². The molecular weight excluding hydrogens is 969 g/mol. The van der Waals surface area contributed by atoms with Crippen LogP contribution in [0.4, 0.5) is 0 Å². The number of carbonyl (C=O) groups is 2. The number of rotatable bonds is 16. The molecule has 4 heterocycles. The molecule has 0 spiro atoms. The van der Waals surface area contributed by atoms with Crippen LogP contribution in [0.3, 0.4) is 0 Å². The van der Waals surface area contributed by atoms with Gasteiger partial charge in [-0.1, -0.05) is 39.3 Å². The van der Waals surface area contributed by atoms with E-state index >= 15 is 0 Å². The molecule has 4 aliphatic carbocycles. The van der Waals surface area contributed by atoms with Gasteiger partial charge in [0.1, 0.15) is 97.0 Å². The van der Waals surface area contributed by atoms with Crippen molar-refractivity contribution in [3.05, 3.63) is 11.6 Å². The van der Waals surface area contributed by atoms with E-state index in [4.69, 9.17) is 37.9 Å². The van der Waals surface area contributed by atoms with Gasteiger partial charge in [-0.15, -0.1) is 0 Å². The highest BCUT2D eigenvalue weighted by Gasteiger charge is 2.63. The number of carbonyl (C=O) groups excluding carboxylic acids is 2. The highest BCUT2D eigenvalue weighted by molar-refractivity contribution is 5.92. The van der Waals surface area contributed by atoms with E-state index in [0.717, 1.165) is 18.4 Å². The Kier molecular flexibility index (Phi) is 18.0. The van der Waals surface area contributed by atoms with Crippen LogP contribution < -0.4 is 0 Å². The summed E-state index contributed by atoms with van der Waals surface area (Å²) in [6.07, 6.45) is -25.2. The highest BCUT2D eigenvalue weighted by Crippen LogP contribution is 2.66. The van der Waals surface area contributed by atoms with Crippen LogP contribution >= 0.6 is 0 Å². The number of aliphatic hydroxyl groups excluding tert-OH is 13. The van der Waals surface area contributed by atoms with Gasteiger partial charge >= 0.3 is 0 Å². The summed E-state index contributed by atoms with van der Waals surface area (Å²) in [6.45, 7) is 8.34. The lowest BCUT2D eigenvalue weighted by Gasteiger charge is -2.58. The largest absolute Gasteiger partial charge is 0.394 e. The van der Waals surface area contributed by atoms with E-state index < -0.39 is 160 Å². The van der Waals surface area contributed by atoms with Crippen molar-refractivity contribution in [2.24, 2.45) is 46.3 Å². The van der Waals surface area contributed by atoms with Crippen molar-refractivity contribution in [3.63, 3.8) is 0 Å². The second-order valence-corrected chi connectivity index (χ2v) is 22.8. The van der Waals surface area contributed by atoms with Gasteiger partial charge in [-0.2, -0.15) is 0 Å². The number of allylic oxidation sites excluding steroid dienone is 1. The van der Waals surface area contributed by atoms with Crippen molar-refractivity contribution >= 4 is 11.6 Å². The summed E-state index contributed by atoms with van der Waals surface area (Å²) >= 11 is 0. The first-order valence-corrected chi connectivity index (χ1v) is 26.1. The first-order chi connectivity index (χ1) is 34.4. The quantitative estimate of drug-likeness (QED) is 0.0685. The minimum atomic E-state index is -1.99. The van der Waals surface area contributed by atoms with Gasteiger partial charge in [0.15, 0.2) is 31.5 Å². The van der Waals surface area contributed by atoms with Crippen LogP contribution in [0.1, 0.15) is 92.4 Å². The van der Waals surface area contributed by atoms with Crippen LogP contribution in [-0.4, -0.2) is 227 Å². The second kappa shape index (κ2) is 22.9. The maximum atomic E-state index is 14.1. The summed E-state index contributed by atoms with van der Waals surface area (Å²) < 4.78 is 46.8. The van der Waals surface area contributed by atoms with E-state index in [1.54, 1.807) is 0 Å². The molecule has 7 fully saturated rings. The average molecular weight is 1050 g/mol. The zero-order valence-electron chi connectivity index (χ0n) is 42.0. The van der Waals surface area contributed by atoms with Crippen LogP contribution in [0.5, 0.6) is 0 Å². The van der Waals surface area contributed by atoms with Crippen LogP contribution in [0.2, 0.25) is 0 Å². The fraction of sp³-hybridized carbons (Fsp3) is 0.920. The Labute approximate surface area is 423 Å². The van der Waals surface area contributed by atoms with Gasteiger partial charge in [0, 0.05) is 24.7 Å². The summed E-state index contributed by atoms with van der Waals surface area (Å²) in [7, 11) is 0. The summed E-state index contributed by atoms with van der Waals surface area (Å²) in [5.74, 6) is -0.532. The van der Waals surface area contributed by atoms with E-state index in [1.807, 2.05) is 13.8 Å². The third kappa shape index (κ3) is 10.9. The van der Waals surface area contributed by atoms with Gasteiger partial charge in [-0.05, 0) is 86.4 Å². The van der Waals surface area contributed by atoms with Gasteiger partial charge in [0.05, 0.1) is 32.0 Å². The third-order valence-electron chi connectivity index (χ3n) is 18.3. The molecule has 0 amide bonds. The van der Waals surface area contributed by atoms with Crippen molar-refractivity contribution in [2.45, 2.75) is 222 Å². The molecule has 0 aromatic carbocycles. The van der Waals surface area contributed by atoms with Crippen LogP contribution in [0.25, 0.3) is 0 Å². The predicted octanol–water partition coefficient (Wildman–Crippen LogP) is -3.00. The lowest BCUT2D eigenvalue weighted by atomic mass is 9.47. The Hall–Kier alpha value is -1.76. The van der Waals surface area contributed by atoms with Gasteiger partial charge in [-0.3, -0.25) is 9.59 Å². The first-order valence-electron chi connectivity index (χ1n) is 26.1. The van der Waals surface area contributed by atoms with E-state index in [9.17, 15) is 76.0 Å². The molecule has 29 atom stereocenters. The summed E-state index contributed by atoms with van der Waals surface area (Å²) in [5, 5.41) is 136. The molecule has 8 aliphatic rings. The normalized spacial score (nSPS) is 51.1. The standard InChI is InChI=1S/C50H80O23/c1-19(18-66-45-38(61)35(58)33(56)29(16-51)69-45)6-9-27(53)20(2)31-28(54)15-26-24-8-7-22-14-23(10-12-49(22,4)25(24)11-13-50(26,31)5)68-48-43(72-46-39(62)34(57)32(55)21(3)67-46)41(64)42(30(17-52)70-48)71-47-40(63)36(59)37(60)44(65)73-47/h7,19-21,23-26,29-48,51-52,55-65H,6,8-18H2,1-5H3/t19-,20-,21?,23?,24-,25+,26+,29?,30?,31+,32+,33-,34?,35?,36?,37-,38+,39+,40+,41?,42-,43+,44?,45-,46+,47-,48-,49+,50+/m1/s1. The smallest absolute Gasteiger partial charge is 0.189 e. The number of ether oxygens (including phenoxy) is 8. The van der Waals surface area contributed by atoms with Crippen molar-refractivity contribution in [1.82, 2.24) is 0 Å². The van der Waals surface area contributed by atoms with Gasteiger partial charge < -0.3 is 104 Å². The lowest BCUT2D eigenvalue weighted by molar-refractivity contribution is -0.397. The monoisotopic (exact) mass is 1050 g/mol. The van der Waals surface area contributed by atoms with E-state index in [2.05, 4.69) is 19.9 Å². The lowest BCUT2D eigenvalue weighted by Crippen LogP contribution is -2.66. The molecule has 73 heavy (non-hydrogen) atoms. The zero-order chi connectivity index (χ0) is 53.2. The molecule has 418 valence electrons. The maximum absolute atomic E-state index is 14.1. The van der Waals surface area contributed by atoms with Crippen molar-refractivity contribution < 1.29 is 114 Å². The molecule has 23 nitrogen and oxygen atoms in total. The molecule has 0 radical (unpaired) electrons. The van der Waals surface area contributed by atoms with Gasteiger partial charge in [-0.25, -0.2) is 0 Å². The topological polar surface area (TPSA) is 371 Å². The average Bonchev–Trinajstić information content (AvgIpc) is 3.64. The number of ketones is 2. The maximum Gasteiger partial charge on any atom is 0.189 e. The minimum Gasteiger partial charge on any atom is -0.394 e. The molecule has 0 aromatic rings. The Morgan fingerprint density at radius 1 is 0.671 bits per heavy atom. The van der Waals surface area contributed by atoms with Gasteiger partial charge in [0.25, 0.3) is 0 Å². The molecule has 0 aromatic heterocycles. The summed E-state index contributed by atoms with van der Waals surface area (Å²) in [4.78, 5) is 28.0. The van der Waals surface area contributed by atoms with Crippen molar-refractivity contribution in [3.8, 4) is 0 Å². The minimum absolute atomic E-state index is 0.0144. The fourth-order valence-electron chi connectivity index (χ4n) is 13.8. The molecule has 9 unspecified atom stereocenters. The Morgan fingerprint density at radius 3 is 1.97 bits per heavy atom. The van der Waals surface area contributed by atoms with Crippen molar-refractivity contribution in [1.29, 1.82) is 0 Å². The second-order valence-electron chi connectivity index (χ2n) is 22.8. The molecule has 4 aliphatic heterocycles. The number of aliphatic hydroxyl groups is 13. The highest BCUT2D eigenvalue weighted by atomic mass is 16.8. The Bertz CT molecular complexity index is 1930.